The number of morpholine rings is 1. The molecule has 0 saturated carbocycles. The van der Waals surface area contributed by atoms with Crippen molar-refractivity contribution in [2.45, 2.75) is 16.7 Å². The van der Waals surface area contributed by atoms with Gasteiger partial charge in [0.2, 0.25) is 20.0 Å². The number of amides is 1. The maximum atomic E-state index is 13.1. The minimum atomic E-state index is -3.83. The number of nitrogens with zero attached hydrogens (tertiary/aromatic N) is 2. The first-order valence-corrected chi connectivity index (χ1v) is 13.0. The first-order chi connectivity index (χ1) is 15.5. The molecule has 1 heterocycles. The van der Waals surface area contributed by atoms with Gasteiger partial charge in [-0.05, 0) is 42.8 Å². The van der Waals surface area contributed by atoms with Gasteiger partial charge in [0.05, 0.1) is 35.7 Å². The quantitative estimate of drug-likeness (QED) is 0.615. The number of methoxy groups -OCH3 is 1. The summed E-state index contributed by atoms with van der Waals surface area (Å²) in [7, 11) is -3.33. The van der Waals surface area contributed by atoms with Gasteiger partial charge in [0.25, 0.3) is 5.91 Å². The molecule has 1 aliphatic heterocycles. The Kier molecular flexibility index (Phi) is 7.44. The van der Waals surface area contributed by atoms with E-state index in [1.54, 1.807) is 13.0 Å². The highest BCUT2D eigenvalue weighted by Crippen LogP contribution is 2.28. The molecular formula is C21H27N3O7S2. The number of sulfonamides is 2. The maximum absolute atomic E-state index is 13.1. The first-order valence-electron chi connectivity index (χ1n) is 10.1. The van der Waals surface area contributed by atoms with Gasteiger partial charge in [0.1, 0.15) is 5.75 Å². The zero-order valence-corrected chi connectivity index (χ0v) is 20.5. The van der Waals surface area contributed by atoms with Gasteiger partial charge in [0.15, 0.2) is 0 Å². The number of anilines is 1. The third-order valence-corrected chi connectivity index (χ3v) is 8.96. The van der Waals surface area contributed by atoms with E-state index < -0.39 is 26.0 Å². The van der Waals surface area contributed by atoms with E-state index in [-0.39, 0.29) is 39.9 Å². The normalized spacial score (nSPS) is 15.4. The Balaban J connectivity index is 1.97. The fourth-order valence-electron chi connectivity index (χ4n) is 3.26. The van der Waals surface area contributed by atoms with Crippen LogP contribution in [0, 0.1) is 6.92 Å². The average Bonchev–Trinajstić information content (AvgIpc) is 2.80. The van der Waals surface area contributed by atoms with Crippen molar-refractivity contribution in [2.75, 3.05) is 52.8 Å². The number of carbonyl (C=O) groups is 1. The Hall–Kier alpha value is -2.51. The van der Waals surface area contributed by atoms with Crippen LogP contribution in [-0.4, -0.2) is 78.9 Å². The van der Waals surface area contributed by atoms with Gasteiger partial charge in [-0.3, -0.25) is 4.79 Å². The molecule has 1 aliphatic rings. The zero-order chi connectivity index (χ0) is 24.4. The maximum Gasteiger partial charge on any atom is 0.259 e. The van der Waals surface area contributed by atoms with Crippen LogP contribution in [0.25, 0.3) is 0 Å². The van der Waals surface area contributed by atoms with Crippen LogP contribution in [0.4, 0.5) is 5.69 Å². The molecule has 2 aromatic carbocycles. The third kappa shape index (κ3) is 5.20. The van der Waals surface area contributed by atoms with Gasteiger partial charge in [-0.2, -0.15) is 4.31 Å². The van der Waals surface area contributed by atoms with Crippen molar-refractivity contribution in [2.24, 2.45) is 0 Å². The Morgan fingerprint density at radius 1 is 1.03 bits per heavy atom. The van der Waals surface area contributed by atoms with E-state index in [2.05, 4.69) is 5.32 Å². The van der Waals surface area contributed by atoms with Crippen LogP contribution in [0.2, 0.25) is 0 Å². The van der Waals surface area contributed by atoms with Crippen molar-refractivity contribution in [3.63, 3.8) is 0 Å². The molecule has 2 aromatic rings. The van der Waals surface area contributed by atoms with Crippen LogP contribution in [0.15, 0.2) is 46.2 Å². The Morgan fingerprint density at radius 3 is 2.27 bits per heavy atom. The van der Waals surface area contributed by atoms with E-state index in [9.17, 15) is 21.6 Å². The molecule has 0 aromatic heterocycles. The zero-order valence-electron chi connectivity index (χ0n) is 18.9. The van der Waals surface area contributed by atoms with Crippen molar-refractivity contribution >= 4 is 31.6 Å². The molecule has 0 bridgehead atoms. The minimum Gasteiger partial charge on any atom is -0.496 e. The van der Waals surface area contributed by atoms with Crippen molar-refractivity contribution in [3.8, 4) is 5.75 Å². The molecule has 12 heteroatoms. The van der Waals surface area contributed by atoms with Crippen molar-refractivity contribution < 1.29 is 31.1 Å². The highest BCUT2D eigenvalue weighted by Gasteiger charge is 2.28. The SMILES string of the molecule is COc1ccc(S(=O)(=O)N2CCOCC2)cc1C(=O)Nc1cc(S(=O)(=O)N(C)C)ccc1C. The summed E-state index contributed by atoms with van der Waals surface area (Å²) in [6.07, 6.45) is 0. The molecule has 0 unspecified atom stereocenters. The molecule has 0 atom stereocenters. The molecule has 1 saturated heterocycles. The van der Waals surface area contributed by atoms with Crippen LogP contribution in [-0.2, 0) is 24.8 Å². The van der Waals surface area contributed by atoms with Crippen molar-refractivity contribution in [1.82, 2.24) is 8.61 Å². The molecule has 0 aliphatic carbocycles. The average molecular weight is 498 g/mol. The van der Waals surface area contributed by atoms with Crippen molar-refractivity contribution in [3.05, 3.63) is 47.5 Å². The summed E-state index contributed by atoms with van der Waals surface area (Å²) >= 11 is 0. The van der Waals surface area contributed by atoms with Gasteiger partial charge in [-0.1, -0.05) is 6.07 Å². The third-order valence-electron chi connectivity index (χ3n) is 5.26. The summed E-state index contributed by atoms with van der Waals surface area (Å²) in [6, 6.07) is 8.47. The fraction of sp³-hybridized carbons (Fsp3) is 0.381. The molecule has 33 heavy (non-hydrogen) atoms. The number of rotatable bonds is 7. The number of ether oxygens (including phenoxy) is 2. The van der Waals surface area contributed by atoms with Crippen LogP contribution in [0.5, 0.6) is 5.75 Å². The molecule has 1 amide bonds. The Labute approximate surface area is 194 Å². The lowest BCUT2D eigenvalue weighted by atomic mass is 10.1. The lowest BCUT2D eigenvalue weighted by molar-refractivity contribution is 0.0730. The molecule has 180 valence electrons. The number of aryl methyl sites for hydroxylation is 1. The van der Waals surface area contributed by atoms with E-state index in [1.165, 1.54) is 55.8 Å². The molecular weight excluding hydrogens is 470 g/mol. The van der Waals surface area contributed by atoms with E-state index in [0.29, 0.717) is 18.8 Å². The van der Waals surface area contributed by atoms with Gasteiger partial charge in [-0.15, -0.1) is 0 Å². The van der Waals surface area contributed by atoms with Gasteiger partial charge >= 0.3 is 0 Å². The Morgan fingerprint density at radius 2 is 1.67 bits per heavy atom. The number of hydrogen-bond donors (Lipinski definition) is 1. The lowest BCUT2D eigenvalue weighted by Gasteiger charge is -2.26. The molecule has 10 nitrogen and oxygen atoms in total. The predicted molar refractivity (Wildman–Crippen MR) is 123 cm³/mol. The second kappa shape index (κ2) is 9.77. The summed E-state index contributed by atoms with van der Waals surface area (Å²) in [4.78, 5) is 13.1. The first kappa shape index (κ1) is 25.1. The lowest BCUT2D eigenvalue weighted by Crippen LogP contribution is -2.40. The summed E-state index contributed by atoms with van der Waals surface area (Å²) in [5, 5.41) is 2.68. The summed E-state index contributed by atoms with van der Waals surface area (Å²) < 4.78 is 63.8. The number of hydrogen-bond acceptors (Lipinski definition) is 7. The largest absolute Gasteiger partial charge is 0.496 e. The topological polar surface area (TPSA) is 122 Å². The molecule has 1 fully saturated rings. The van der Waals surface area contributed by atoms with Crippen molar-refractivity contribution in [1.29, 1.82) is 0 Å². The second-order valence-electron chi connectivity index (χ2n) is 7.60. The van der Waals surface area contributed by atoms with Crippen LogP contribution in [0.1, 0.15) is 15.9 Å². The van der Waals surface area contributed by atoms with Gasteiger partial charge in [-0.25, -0.2) is 21.1 Å². The van der Waals surface area contributed by atoms with E-state index in [4.69, 9.17) is 9.47 Å². The Bertz CT molecular complexity index is 1250. The number of benzene rings is 2. The van der Waals surface area contributed by atoms with E-state index in [0.717, 1.165) is 4.31 Å². The molecule has 0 spiro atoms. The highest BCUT2D eigenvalue weighted by atomic mass is 32.2. The van der Waals surface area contributed by atoms with Crippen LogP contribution < -0.4 is 10.1 Å². The van der Waals surface area contributed by atoms with E-state index >= 15 is 0 Å². The second-order valence-corrected chi connectivity index (χ2v) is 11.7. The smallest absolute Gasteiger partial charge is 0.259 e. The van der Waals surface area contributed by atoms with Gasteiger partial charge in [0, 0.05) is 32.9 Å². The molecule has 0 radical (unpaired) electrons. The minimum absolute atomic E-state index is 0.00658. The standard InChI is InChI=1S/C21H27N3O7S2/c1-15-5-6-17(32(26,27)23(2)3)14-19(15)22-21(25)18-13-16(7-8-20(18)30-4)33(28,29)24-9-11-31-12-10-24/h5-8,13-14H,9-12H2,1-4H3,(H,22,25). The molecule has 3 rings (SSSR count). The monoisotopic (exact) mass is 497 g/mol. The van der Waals surface area contributed by atoms with Gasteiger partial charge < -0.3 is 14.8 Å². The number of nitrogens with one attached hydrogen (secondary N) is 1. The summed E-state index contributed by atoms with van der Waals surface area (Å²) in [5.74, 6) is -0.448. The summed E-state index contributed by atoms with van der Waals surface area (Å²) in [5.41, 5.74) is 0.927. The number of carbonyl (C=O) groups excluding carboxylic acids is 1. The summed E-state index contributed by atoms with van der Waals surface area (Å²) in [6.45, 7) is 2.77. The van der Waals surface area contributed by atoms with Crippen LogP contribution in [0.3, 0.4) is 0 Å². The van der Waals surface area contributed by atoms with E-state index in [1.807, 2.05) is 0 Å². The predicted octanol–water partition coefficient (Wildman–Crippen LogP) is 1.53. The molecule has 1 N–H and O–H groups in total. The van der Waals surface area contributed by atoms with Crippen LogP contribution >= 0.6 is 0 Å². The fourth-order valence-corrected chi connectivity index (χ4v) is 5.62. The highest BCUT2D eigenvalue weighted by molar-refractivity contribution is 7.89.